The van der Waals surface area contributed by atoms with Gasteiger partial charge in [-0.15, -0.1) is 0 Å². The van der Waals surface area contributed by atoms with Gasteiger partial charge in [-0.05, 0) is 31.0 Å². The highest BCUT2D eigenvalue weighted by Crippen LogP contribution is 2.32. The number of sulfonamides is 1. The van der Waals surface area contributed by atoms with Crippen LogP contribution in [0, 0.1) is 0 Å². The predicted molar refractivity (Wildman–Crippen MR) is 103 cm³/mol. The van der Waals surface area contributed by atoms with Gasteiger partial charge in [0.05, 0.1) is 27.3 Å². The number of carbonyl (C=O) groups excluding carboxylic acids is 2. The van der Waals surface area contributed by atoms with Gasteiger partial charge >= 0.3 is 0 Å². The molecule has 148 valence electrons. The Balaban J connectivity index is 1.99. The van der Waals surface area contributed by atoms with Crippen LogP contribution in [-0.2, 0) is 10.0 Å². The molecule has 2 aromatic rings. The lowest BCUT2D eigenvalue weighted by Crippen LogP contribution is -2.28. The van der Waals surface area contributed by atoms with E-state index in [-0.39, 0.29) is 31.8 Å². The summed E-state index contributed by atoms with van der Waals surface area (Å²) in [6.07, 6.45) is 1.50. The Morgan fingerprint density at radius 3 is 2.29 bits per heavy atom. The number of anilines is 1. The number of rotatable bonds is 5. The van der Waals surface area contributed by atoms with Crippen LogP contribution in [0.1, 0.15) is 33.6 Å². The van der Waals surface area contributed by atoms with E-state index in [1.165, 1.54) is 34.6 Å². The van der Waals surface area contributed by atoms with Crippen LogP contribution in [0.2, 0.25) is 10.0 Å². The fourth-order valence-electron chi connectivity index (χ4n) is 2.93. The first-order valence-corrected chi connectivity index (χ1v) is 10.5. The number of benzene rings is 2. The van der Waals surface area contributed by atoms with Crippen LogP contribution in [-0.4, -0.2) is 37.7 Å². The van der Waals surface area contributed by atoms with Crippen molar-refractivity contribution in [2.45, 2.75) is 17.7 Å². The number of carbonyl (C=O) groups is 2. The van der Waals surface area contributed by atoms with E-state index in [9.17, 15) is 23.1 Å². The first kappa shape index (κ1) is 20.6. The highest BCUT2D eigenvalue weighted by atomic mass is 35.5. The average molecular weight is 442 g/mol. The second kappa shape index (κ2) is 8.08. The molecule has 0 atom stereocenters. The lowest BCUT2D eigenvalue weighted by Gasteiger charge is -2.18. The highest BCUT2D eigenvalue weighted by Gasteiger charge is 2.30. The Morgan fingerprint density at radius 2 is 1.64 bits per heavy atom. The third kappa shape index (κ3) is 4.00. The molecule has 1 aliphatic rings. The number of carboxylic acid groups (broad SMARTS) is 1. The summed E-state index contributed by atoms with van der Waals surface area (Å²) in [6.45, 7) is 0.754. The van der Waals surface area contributed by atoms with Gasteiger partial charge in [0.15, 0.2) is 0 Å². The number of nitrogens with zero attached hydrogens (tertiary/aromatic N) is 1. The van der Waals surface area contributed by atoms with Crippen molar-refractivity contribution in [3.05, 3.63) is 57.6 Å². The summed E-state index contributed by atoms with van der Waals surface area (Å²) >= 11 is 12.2. The number of amides is 1. The van der Waals surface area contributed by atoms with Crippen LogP contribution >= 0.6 is 23.2 Å². The first-order valence-electron chi connectivity index (χ1n) is 8.32. The summed E-state index contributed by atoms with van der Waals surface area (Å²) < 4.78 is 26.9. The number of nitrogens with one attached hydrogen (secondary N) is 1. The molecule has 10 heteroatoms. The van der Waals surface area contributed by atoms with Gasteiger partial charge in [-0.2, -0.15) is 4.31 Å². The quantitative estimate of drug-likeness (QED) is 0.766. The zero-order valence-electron chi connectivity index (χ0n) is 14.4. The van der Waals surface area contributed by atoms with E-state index in [0.717, 1.165) is 18.9 Å². The molecular formula is C18H15Cl2N2O5S-. The van der Waals surface area contributed by atoms with Gasteiger partial charge in [-0.25, -0.2) is 8.42 Å². The molecule has 2 aromatic carbocycles. The zero-order valence-corrected chi connectivity index (χ0v) is 16.8. The molecule has 0 unspecified atom stereocenters. The van der Waals surface area contributed by atoms with E-state index in [2.05, 4.69) is 5.32 Å². The van der Waals surface area contributed by atoms with Crippen LogP contribution < -0.4 is 10.4 Å². The Kier molecular flexibility index (Phi) is 5.95. The fourth-order valence-corrected chi connectivity index (χ4v) is 5.28. The molecule has 0 bridgehead atoms. The number of halogens is 2. The fraction of sp³-hybridized carbons (Fsp3) is 0.222. The molecule has 7 nitrogen and oxygen atoms in total. The Bertz CT molecular complexity index is 1050. The molecular weight excluding hydrogens is 427 g/mol. The van der Waals surface area contributed by atoms with Gasteiger partial charge in [0.1, 0.15) is 4.90 Å². The monoisotopic (exact) mass is 441 g/mol. The Hall–Kier alpha value is -2.13. The van der Waals surface area contributed by atoms with Crippen LogP contribution in [0.25, 0.3) is 0 Å². The molecule has 1 fully saturated rings. The van der Waals surface area contributed by atoms with Crippen molar-refractivity contribution in [2.24, 2.45) is 0 Å². The molecule has 1 aliphatic heterocycles. The minimum Gasteiger partial charge on any atom is -0.545 e. The largest absolute Gasteiger partial charge is 0.545 e. The number of hydrogen-bond donors (Lipinski definition) is 1. The minimum absolute atomic E-state index is 0.00228. The van der Waals surface area contributed by atoms with Gasteiger partial charge in [-0.1, -0.05) is 41.4 Å². The summed E-state index contributed by atoms with van der Waals surface area (Å²) in [6, 6.07) is 7.97. The van der Waals surface area contributed by atoms with Crippen LogP contribution in [0.5, 0.6) is 0 Å². The van der Waals surface area contributed by atoms with E-state index in [1.807, 2.05) is 0 Å². The van der Waals surface area contributed by atoms with Crippen molar-refractivity contribution in [3.8, 4) is 0 Å². The van der Waals surface area contributed by atoms with Crippen molar-refractivity contribution in [1.82, 2.24) is 4.31 Å². The van der Waals surface area contributed by atoms with Crippen molar-refractivity contribution >= 4 is 50.8 Å². The van der Waals surface area contributed by atoms with Crippen LogP contribution in [0.4, 0.5) is 5.69 Å². The number of hydrogen-bond acceptors (Lipinski definition) is 5. The molecule has 0 aromatic heterocycles. The number of aromatic carboxylic acids is 1. The molecule has 0 spiro atoms. The Labute approximate surface area is 171 Å². The van der Waals surface area contributed by atoms with Crippen molar-refractivity contribution in [1.29, 1.82) is 0 Å². The Morgan fingerprint density at radius 1 is 1.00 bits per heavy atom. The topological polar surface area (TPSA) is 107 Å². The lowest BCUT2D eigenvalue weighted by molar-refractivity contribution is -0.254. The van der Waals surface area contributed by atoms with E-state index in [1.54, 1.807) is 0 Å². The molecule has 0 radical (unpaired) electrons. The number of para-hydroxylation sites is 1. The van der Waals surface area contributed by atoms with Crippen LogP contribution in [0.15, 0.2) is 41.3 Å². The standard InChI is InChI=1S/C18H16Cl2N2O5S/c19-13-10-14(20)16(28(26,27)22-7-3-4-8-22)9-12(13)17(23)21-15-6-2-1-5-11(15)18(24)25/h1-2,5-6,9-10H,3-4,7-8H2,(H,21,23)(H,24,25)/p-1. The van der Waals surface area contributed by atoms with Gasteiger partial charge in [0, 0.05) is 18.7 Å². The highest BCUT2D eigenvalue weighted by molar-refractivity contribution is 7.89. The van der Waals surface area contributed by atoms with Crippen LogP contribution in [0.3, 0.4) is 0 Å². The maximum Gasteiger partial charge on any atom is 0.257 e. The average Bonchev–Trinajstić information content (AvgIpc) is 3.17. The van der Waals surface area contributed by atoms with E-state index in [4.69, 9.17) is 23.2 Å². The van der Waals surface area contributed by atoms with E-state index < -0.39 is 21.9 Å². The molecule has 0 saturated carbocycles. The molecule has 1 N–H and O–H groups in total. The van der Waals surface area contributed by atoms with Crippen molar-refractivity contribution in [2.75, 3.05) is 18.4 Å². The maximum atomic E-state index is 12.8. The maximum absolute atomic E-state index is 12.8. The predicted octanol–water partition coefficient (Wildman–Crippen LogP) is 2.39. The van der Waals surface area contributed by atoms with Gasteiger partial charge < -0.3 is 15.2 Å². The third-order valence-corrected chi connectivity index (χ3v) is 7.02. The summed E-state index contributed by atoms with van der Waals surface area (Å²) in [7, 11) is -3.88. The van der Waals surface area contributed by atoms with Gasteiger partial charge in [0.2, 0.25) is 10.0 Å². The summed E-state index contributed by atoms with van der Waals surface area (Å²) in [5, 5.41) is 13.5. The van der Waals surface area contributed by atoms with Gasteiger partial charge in [-0.3, -0.25) is 4.79 Å². The lowest BCUT2D eigenvalue weighted by atomic mass is 10.1. The van der Waals surface area contributed by atoms with Crippen molar-refractivity contribution in [3.63, 3.8) is 0 Å². The summed E-state index contributed by atoms with van der Waals surface area (Å²) in [5.41, 5.74) is -0.356. The van der Waals surface area contributed by atoms with Gasteiger partial charge in [0.25, 0.3) is 5.91 Å². The second-order valence-corrected chi connectivity index (χ2v) is 8.88. The normalized spacial score (nSPS) is 14.8. The first-order chi connectivity index (χ1) is 13.2. The smallest absolute Gasteiger partial charge is 0.257 e. The second-order valence-electron chi connectivity index (χ2n) is 6.16. The molecule has 1 amide bonds. The SMILES string of the molecule is O=C(Nc1ccccc1C(=O)[O-])c1cc(S(=O)(=O)N2CCCC2)c(Cl)cc1Cl. The minimum atomic E-state index is -3.88. The summed E-state index contributed by atoms with van der Waals surface area (Å²) in [4.78, 5) is 23.6. The summed E-state index contributed by atoms with van der Waals surface area (Å²) in [5.74, 6) is -2.23. The molecule has 3 rings (SSSR count). The number of carboxylic acids is 1. The molecule has 0 aliphatic carbocycles. The zero-order chi connectivity index (χ0) is 20.5. The molecule has 1 saturated heterocycles. The van der Waals surface area contributed by atoms with Crippen molar-refractivity contribution < 1.29 is 23.1 Å². The third-order valence-electron chi connectivity index (χ3n) is 4.34. The van der Waals surface area contributed by atoms with E-state index in [0.29, 0.717) is 13.1 Å². The molecule has 1 heterocycles. The molecule has 28 heavy (non-hydrogen) atoms. The van der Waals surface area contributed by atoms with E-state index >= 15 is 0 Å².